The Morgan fingerprint density at radius 3 is 2.54 bits per heavy atom. The summed E-state index contributed by atoms with van der Waals surface area (Å²) in [6.45, 7) is 4.20. The second-order valence-corrected chi connectivity index (χ2v) is 6.78. The number of methoxy groups -OCH3 is 1. The number of carbonyl (C=O) groups is 1. The van der Waals surface area contributed by atoms with E-state index in [1.165, 1.54) is 0 Å². The van der Waals surface area contributed by atoms with E-state index in [4.69, 9.17) is 4.74 Å². The number of piperidine rings is 1. The van der Waals surface area contributed by atoms with E-state index in [1.807, 2.05) is 37.4 Å². The number of rotatable bonds is 6. The van der Waals surface area contributed by atoms with Gasteiger partial charge in [-0.1, -0.05) is 24.3 Å². The summed E-state index contributed by atoms with van der Waals surface area (Å²) in [6.07, 6.45) is 8.85. The molecular formula is C20H25N3O3. The maximum atomic E-state index is 11.9. The lowest BCUT2D eigenvalue weighted by atomic mass is 9.87. The molecule has 1 N–H and O–H groups in total. The third-order valence-electron chi connectivity index (χ3n) is 5.02. The van der Waals surface area contributed by atoms with Crippen molar-refractivity contribution in [2.45, 2.75) is 25.3 Å². The highest BCUT2D eigenvalue weighted by molar-refractivity contribution is 5.76. The van der Waals surface area contributed by atoms with Gasteiger partial charge in [-0.3, -0.25) is 9.58 Å². The Morgan fingerprint density at radius 1 is 1.31 bits per heavy atom. The number of hydrogen-bond acceptors (Lipinski definition) is 4. The van der Waals surface area contributed by atoms with Gasteiger partial charge in [0.1, 0.15) is 5.75 Å². The van der Waals surface area contributed by atoms with Crippen molar-refractivity contribution in [3.05, 3.63) is 53.9 Å². The summed E-state index contributed by atoms with van der Waals surface area (Å²) in [5.74, 6) is 0.0473. The first-order valence-corrected chi connectivity index (χ1v) is 8.81. The summed E-state index contributed by atoms with van der Waals surface area (Å²) in [6, 6.07) is 7.91. The number of nitrogens with zero attached hydrogens (tertiary/aromatic N) is 3. The molecule has 26 heavy (non-hydrogen) atoms. The fourth-order valence-corrected chi connectivity index (χ4v) is 3.35. The van der Waals surface area contributed by atoms with Crippen LogP contribution in [0.15, 0.2) is 42.7 Å². The van der Waals surface area contributed by atoms with Crippen molar-refractivity contribution in [1.29, 1.82) is 0 Å². The minimum Gasteiger partial charge on any atom is -0.497 e. The van der Waals surface area contributed by atoms with Gasteiger partial charge in [0.25, 0.3) is 0 Å². The monoisotopic (exact) mass is 355 g/mol. The molecule has 2 aromatic rings. The highest BCUT2D eigenvalue weighted by Crippen LogP contribution is 2.30. The number of aryl methyl sites for hydroxylation is 1. The summed E-state index contributed by atoms with van der Waals surface area (Å²) in [7, 11) is 1.66. The number of carboxylic acid groups (broad SMARTS) is 1. The van der Waals surface area contributed by atoms with Crippen molar-refractivity contribution >= 4 is 12.0 Å². The molecule has 0 radical (unpaired) electrons. The standard InChI is InChI=1S/C20H25N3O3/c1-16-14-21-23(15-16)20(19(24)25)9-12-22(13-10-20)11-3-4-17-5-7-18(26-2)8-6-17/h3-8,14-15H,9-13H2,1-2H3,(H,24,25)/b4-3+. The number of aromatic nitrogens is 2. The van der Waals surface area contributed by atoms with Crippen LogP contribution in [0.25, 0.3) is 6.08 Å². The first kappa shape index (κ1) is 18.2. The van der Waals surface area contributed by atoms with Gasteiger partial charge in [0.15, 0.2) is 5.54 Å². The second kappa shape index (κ2) is 7.74. The Labute approximate surface area is 153 Å². The number of benzene rings is 1. The van der Waals surface area contributed by atoms with Crippen molar-refractivity contribution in [3.63, 3.8) is 0 Å². The number of carboxylic acids is 1. The van der Waals surface area contributed by atoms with Crippen LogP contribution in [-0.4, -0.2) is 52.5 Å². The van der Waals surface area contributed by atoms with Gasteiger partial charge < -0.3 is 9.84 Å². The van der Waals surface area contributed by atoms with Gasteiger partial charge in [-0.2, -0.15) is 5.10 Å². The first-order chi connectivity index (χ1) is 12.5. The van der Waals surface area contributed by atoms with E-state index in [0.29, 0.717) is 12.8 Å². The van der Waals surface area contributed by atoms with Gasteiger partial charge in [-0.15, -0.1) is 0 Å². The first-order valence-electron chi connectivity index (χ1n) is 8.81. The molecule has 0 atom stereocenters. The molecule has 2 heterocycles. The maximum Gasteiger partial charge on any atom is 0.331 e. The molecule has 1 fully saturated rings. The lowest BCUT2D eigenvalue weighted by Crippen LogP contribution is -2.51. The molecule has 138 valence electrons. The molecule has 1 aromatic carbocycles. The topological polar surface area (TPSA) is 67.6 Å². The quantitative estimate of drug-likeness (QED) is 0.863. The average Bonchev–Trinajstić information content (AvgIpc) is 3.09. The summed E-state index contributed by atoms with van der Waals surface area (Å²) >= 11 is 0. The highest BCUT2D eigenvalue weighted by Gasteiger charge is 2.43. The van der Waals surface area contributed by atoms with Gasteiger partial charge in [-0.05, 0) is 43.0 Å². The van der Waals surface area contributed by atoms with E-state index in [1.54, 1.807) is 18.0 Å². The largest absolute Gasteiger partial charge is 0.497 e. The Kier molecular flexibility index (Phi) is 5.42. The van der Waals surface area contributed by atoms with E-state index in [0.717, 1.165) is 36.5 Å². The zero-order valence-electron chi connectivity index (χ0n) is 15.3. The predicted octanol–water partition coefficient (Wildman–Crippen LogP) is 2.79. The molecule has 1 aromatic heterocycles. The second-order valence-electron chi connectivity index (χ2n) is 6.78. The van der Waals surface area contributed by atoms with Crippen LogP contribution in [0.2, 0.25) is 0 Å². The van der Waals surface area contributed by atoms with Crippen LogP contribution in [0.4, 0.5) is 0 Å². The van der Waals surface area contributed by atoms with Crippen LogP contribution in [-0.2, 0) is 10.3 Å². The third-order valence-corrected chi connectivity index (χ3v) is 5.02. The molecule has 0 saturated carbocycles. The van der Waals surface area contributed by atoms with Crippen molar-refractivity contribution in [3.8, 4) is 5.75 Å². The Morgan fingerprint density at radius 2 is 2.00 bits per heavy atom. The molecule has 6 heteroatoms. The number of aliphatic carboxylic acids is 1. The molecule has 1 aliphatic rings. The van der Waals surface area contributed by atoms with Crippen molar-refractivity contribution in [2.24, 2.45) is 0 Å². The van der Waals surface area contributed by atoms with Gasteiger partial charge in [0, 0.05) is 25.8 Å². The van der Waals surface area contributed by atoms with Gasteiger partial charge in [0.2, 0.25) is 0 Å². The molecule has 6 nitrogen and oxygen atoms in total. The third kappa shape index (κ3) is 3.80. The smallest absolute Gasteiger partial charge is 0.331 e. The molecule has 1 saturated heterocycles. The molecule has 0 bridgehead atoms. The number of ether oxygens (including phenoxy) is 1. The van der Waals surface area contributed by atoms with Crippen LogP contribution in [0.3, 0.4) is 0 Å². The zero-order chi connectivity index (χ0) is 18.6. The van der Waals surface area contributed by atoms with E-state index >= 15 is 0 Å². The minimum absolute atomic E-state index is 0.555. The van der Waals surface area contributed by atoms with Crippen LogP contribution < -0.4 is 4.74 Å². The normalized spacial score (nSPS) is 17.5. The molecule has 1 aliphatic heterocycles. The summed E-state index contributed by atoms with van der Waals surface area (Å²) in [5, 5.41) is 14.1. The Balaban J connectivity index is 1.58. The number of hydrogen-bond donors (Lipinski definition) is 1. The van der Waals surface area contributed by atoms with Crippen LogP contribution in [0.5, 0.6) is 5.75 Å². The van der Waals surface area contributed by atoms with E-state index in [-0.39, 0.29) is 0 Å². The fraction of sp³-hybridized carbons (Fsp3) is 0.400. The van der Waals surface area contributed by atoms with Crippen molar-refractivity contribution < 1.29 is 14.6 Å². The van der Waals surface area contributed by atoms with Crippen LogP contribution >= 0.6 is 0 Å². The number of likely N-dealkylation sites (tertiary alicyclic amines) is 1. The molecule has 0 unspecified atom stereocenters. The van der Waals surface area contributed by atoms with Crippen molar-refractivity contribution in [2.75, 3.05) is 26.7 Å². The fourth-order valence-electron chi connectivity index (χ4n) is 3.35. The van der Waals surface area contributed by atoms with Gasteiger partial charge in [-0.25, -0.2) is 4.79 Å². The lowest BCUT2D eigenvalue weighted by Gasteiger charge is -2.38. The van der Waals surface area contributed by atoms with E-state index in [2.05, 4.69) is 22.2 Å². The minimum atomic E-state index is -0.926. The van der Waals surface area contributed by atoms with Gasteiger partial charge >= 0.3 is 5.97 Å². The average molecular weight is 355 g/mol. The maximum absolute atomic E-state index is 11.9. The summed E-state index contributed by atoms with van der Waals surface area (Å²) in [4.78, 5) is 14.2. The summed E-state index contributed by atoms with van der Waals surface area (Å²) in [5.41, 5.74) is 1.18. The van der Waals surface area contributed by atoms with Crippen LogP contribution in [0.1, 0.15) is 24.0 Å². The van der Waals surface area contributed by atoms with E-state index in [9.17, 15) is 9.90 Å². The Hall–Kier alpha value is -2.60. The molecule has 3 rings (SSSR count). The molecule has 0 aliphatic carbocycles. The molecule has 0 spiro atoms. The van der Waals surface area contributed by atoms with Crippen molar-refractivity contribution in [1.82, 2.24) is 14.7 Å². The molecule has 0 amide bonds. The predicted molar refractivity (Wildman–Crippen MR) is 100 cm³/mol. The SMILES string of the molecule is COc1ccc(/C=C/CN2CCC(C(=O)O)(n3cc(C)cn3)CC2)cc1. The van der Waals surface area contributed by atoms with E-state index < -0.39 is 11.5 Å². The molecular weight excluding hydrogens is 330 g/mol. The lowest BCUT2D eigenvalue weighted by molar-refractivity contribution is -0.151. The Bertz CT molecular complexity index is 772. The zero-order valence-corrected chi connectivity index (χ0v) is 15.3. The highest BCUT2D eigenvalue weighted by atomic mass is 16.5. The summed E-state index contributed by atoms with van der Waals surface area (Å²) < 4.78 is 6.79. The van der Waals surface area contributed by atoms with Gasteiger partial charge in [0.05, 0.1) is 13.3 Å². The van der Waals surface area contributed by atoms with Crippen LogP contribution in [0, 0.1) is 6.92 Å².